The van der Waals surface area contributed by atoms with Gasteiger partial charge >= 0.3 is 6.09 Å². The standard InChI is InChI=1S/C48H57N5O8/c54-42-16-15-40(47-46(42)51-44(56)31-60-47)43(55)28-49-20-22-53(37-13-14-37)45(57)19-24-59-23-18-33-8-6-7-32(25-33)17-21-52-29-35-26-38(27-36(35)30-52)61-48(58)50-41-12-5-4-11-39(41)34-9-2-1-3-10-34/h1-12,15-16,25,35-38,43,49,54-55H,13-14,17-24,26-31H2,(H,50,58)(H,51,56)/t35-,36+,38+,43-/m0/s1. The second kappa shape index (κ2) is 19.9. The molecule has 1 saturated heterocycles. The summed E-state index contributed by atoms with van der Waals surface area (Å²) in [6, 6.07) is 29.8. The second-order valence-electron chi connectivity index (χ2n) is 16.8. The Morgan fingerprint density at radius 1 is 0.918 bits per heavy atom. The van der Waals surface area contributed by atoms with E-state index in [4.69, 9.17) is 14.2 Å². The number of anilines is 2. The number of likely N-dealkylation sites (tertiary alicyclic amines) is 1. The second-order valence-corrected chi connectivity index (χ2v) is 16.8. The van der Waals surface area contributed by atoms with Crippen LogP contribution in [0.3, 0.4) is 0 Å². The summed E-state index contributed by atoms with van der Waals surface area (Å²) in [7, 11) is 0. The van der Waals surface area contributed by atoms with Crippen LogP contribution in [0.4, 0.5) is 16.2 Å². The number of carbonyl (C=O) groups is 3. The lowest BCUT2D eigenvalue weighted by molar-refractivity contribution is -0.132. The van der Waals surface area contributed by atoms with Crippen molar-refractivity contribution in [1.82, 2.24) is 15.1 Å². The third kappa shape index (κ3) is 11.1. The Labute approximate surface area is 357 Å². The molecule has 2 aliphatic carbocycles. The van der Waals surface area contributed by atoms with Gasteiger partial charge in [-0.3, -0.25) is 14.9 Å². The molecule has 13 nitrogen and oxygen atoms in total. The van der Waals surface area contributed by atoms with Gasteiger partial charge in [0.15, 0.2) is 12.4 Å². The zero-order valence-electron chi connectivity index (χ0n) is 34.6. The highest BCUT2D eigenvalue weighted by atomic mass is 16.6. The van der Waals surface area contributed by atoms with Crippen LogP contribution in [0.5, 0.6) is 11.5 Å². The molecule has 2 heterocycles. The van der Waals surface area contributed by atoms with Crippen LogP contribution in [-0.2, 0) is 31.9 Å². The molecule has 3 amide bonds. The van der Waals surface area contributed by atoms with E-state index in [0.717, 1.165) is 75.0 Å². The van der Waals surface area contributed by atoms with E-state index < -0.39 is 6.10 Å². The number of para-hydroxylation sites is 1. The Bertz CT molecular complexity index is 2130. The van der Waals surface area contributed by atoms with E-state index in [1.807, 2.05) is 59.5 Å². The molecule has 0 bridgehead atoms. The fourth-order valence-electron chi connectivity index (χ4n) is 9.08. The Hall–Kier alpha value is -5.47. The first-order chi connectivity index (χ1) is 29.8. The molecule has 13 heteroatoms. The van der Waals surface area contributed by atoms with Crippen molar-refractivity contribution < 1.29 is 38.8 Å². The van der Waals surface area contributed by atoms with Crippen molar-refractivity contribution in [3.05, 3.63) is 108 Å². The summed E-state index contributed by atoms with van der Waals surface area (Å²) >= 11 is 0. The van der Waals surface area contributed by atoms with E-state index in [2.05, 4.69) is 45.1 Å². The van der Waals surface area contributed by atoms with E-state index in [1.165, 1.54) is 17.2 Å². The quantitative estimate of drug-likeness (QED) is 0.0548. The molecule has 2 saturated carbocycles. The summed E-state index contributed by atoms with van der Waals surface area (Å²) in [6.45, 7) is 5.06. The summed E-state index contributed by atoms with van der Waals surface area (Å²) < 4.78 is 17.4. The topological polar surface area (TPSA) is 162 Å². The first kappa shape index (κ1) is 42.2. The minimum atomic E-state index is -0.928. The highest BCUT2D eigenvalue weighted by Crippen LogP contribution is 2.42. The number of aliphatic hydroxyl groups excluding tert-OH is 1. The maximum Gasteiger partial charge on any atom is 0.411 e. The van der Waals surface area contributed by atoms with Gasteiger partial charge in [0, 0.05) is 56.4 Å². The van der Waals surface area contributed by atoms with Crippen molar-refractivity contribution in [2.75, 3.05) is 69.7 Å². The number of hydrogen-bond acceptors (Lipinski definition) is 10. The molecule has 322 valence electrons. The van der Waals surface area contributed by atoms with E-state index in [-0.39, 0.29) is 60.4 Å². The number of hydrogen-bond donors (Lipinski definition) is 5. The SMILES string of the molecule is O=C1COc2c([C@@H](O)CNCCN(C(=O)CCOCCc3cccc(CCN4C[C@H]5C[C@H](OC(=O)Nc6ccccc6-c6ccccc6)C[C@H]5C4)c3)C3CC3)ccc(O)c2N1. The highest BCUT2D eigenvalue weighted by Gasteiger charge is 2.42. The first-order valence-corrected chi connectivity index (χ1v) is 21.7. The third-order valence-corrected chi connectivity index (χ3v) is 12.3. The molecule has 5 N–H and O–H groups in total. The fourth-order valence-corrected chi connectivity index (χ4v) is 9.08. The molecule has 2 aliphatic heterocycles. The van der Waals surface area contributed by atoms with Crippen molar-refractivity contribution in [1.29, 1.82) is 0 Å². The number of fused-ring (bicyclic) bond motifs is 2. The molecule has 4 aromatic carbocycles. The minimum absolute atomic E-state index is 0.0562. The molecule has 0 spiro atoms. The van der Waals surface area contributed by atoms with Gasteiger partial charge in [-0.15, -0.1) is 0 Å². The first-order valence-electron chi connectivity index (χ1n) is 21.7. The average molecular weight is 832 g/mol. The molecule has 4 aromatic rings. The van der Waals surface area contributed by atoms with Gasteiger partial charge in [0.05, 0.1) is 31.4 Å². The van der Waals surface area contributed by atoms with Crippen molar-refractivity contribution in [3.8, 4) is 22.6 Å². The number of aliphatic hydroxyl groups is 1. The zero-order valence-corrected chi connectivity index (χ0v) is 34.6. The summed E-state index contributed by atoms with van der Waals surface area (Å²) in [5, 5.41) is 29.7. The van der Waals surface area contributed by atoms with Crippen molar-refractivity contribution >= 4 is 29.3 Å². The molecule has 0 radical (unpaired) electrons. The summed E-state index contributed by atoms with van der Waals surface area (Å²) in [5.41, 5.74) is 5.94. The summed E-state index contributed by atoms with van der Waals surface area (Å²) in [5.74, 6) is 0.947. The average Bonchev–Trinajstić information content (AvgIpc) is 3.93. The summed E-state index contributed by atoms with van der Waals surface area (Å²) in [6.07, 6.45) is 4.51. The Balaban J connectivity index is 0.698. The zero-order chi connectivity index (χ0) is 42.1. The number of carbonyl (C=O) groups excluding carboxylic acids is 3. The van der Waals surface area contributed by atoms with Crippen molar-refractivity contribution in [2.24, 2.45) is 11.8 Å². The number of amides is 3. The maximum atomic E-state index is 13.2. The number of phenolic OH excluding ortho intramolecular Hbond substituents is 1. The number of phenols is 1. The predicted octanol–water partition coefficient (Wildman–Crippen LogP) is 6.16. The molecule has 8 rings (SSSR count). The highest BCUT2D eigenvalue weighted by molar-refractivity contribution is 5.97. The van der Waals surface area contributed by atoms with Crippen LogP contribution in [0.2, 0.25) is 0 Å². The largest absolute Gasteiger partial charge is 0.506 e. The van der Waals surface area contributed by atoms with Crippen LogP contribution >= 0.6 is 0 Å². The lowest BCUT2D eigenvalue weighted by Gasteiger charge is -2.25. The number of ether oxygens (including phenoxy) is 3. The molecule has 4 aliphatic rings. The lowest BCUT2D eigenvalue weighted by Crippen LogP contribution is -2.39. The van der Waals surface area contributed by atoms with Crippen molar-refractivity contribution in [2.45, 2.75) is 63.2 Å². The predicted molar refractivity (Wildman–Crippen MR) is 233 cm³/mol. The van der Waals surface area contributed by atoms with Crippen LogP contribution in [-0.4, -0.2) is 109 Å². The van der Waals surface area contributed by atoms with Crippen LogP contribution < -0.4 is 20.7 Å². The van der Waals surface area contributed by atoms with Gasteiger partial charge in [-0.25, -0.2) is 4.79 Å². The van der Waals surface area contributed by atoms with Gasteiger partial charge in [-0.1, -0.05) is 72.8 Å². The smallest absolute Gasteiger partial charge is 0.411 e. The van der Waals surface area contributed by atoms with Gasteiger partial charge in [0.25, 0.3) is 5.91 Å². The van der Waals surface area contributed by atoms with Crippen LogP contribution in [0.1, 0.15) is 54.9 Å². The number of benzene rings is 4. The van der Waals surface area contributed by atoms with Crippen LogP contribution in [0, 0.1) is 11.8 Å². The number of rotatable bonds is 19. The van der Waals surface area contributed by atoms with E-state index in [0.29, 0.717) is 50.1 Å². The molecule has 3 fully saturated rings. The van der Waals surface area contributed by atoms with Crippen molar-refractivity contribution in [3.63, 3.8) is 0 Å². The van der Waals surface area contributed by atoms with Gasteiger partial charge in [0.2, 0.25) is 5.91 Å². The Kier molecular flexibility index (Phi) is 13.8. The molecule has 61 heavy (non-hydrogen) atoms. The van der Waals surface area contributed by atoms with Gasteiger partial charge in [0.1, 0.15) is 17.5 Å². The Morgan fingerprint density at radius 2 is 1.67 bits per heavy atom. The van der Waals surface area contributed by atoms with Gasteiger partial charge in [-0.2, -0.15) is 0 Å². The third-order valence-electron chi connectivity index (χ3n) is 12.3. The van der Waals surface area contributed by atoms with Crippen LogP contribution in [0.15, 0.2) is 91.0 Å². The maximum absolute atomic E-state index is 13.2. The van der Waals surface area contributed by atoms with E-state index in [1.54, 1.807) is 6.07 Å². The molecule has 4 atom stereocenters. The normalized spacial score (nSPS) is 20.0. The molecular formula is C48H57N5O8. The number of nitrogens with one attached hydrogen (secondary N) is 3. The number of nitrogens with zero attached hydrogens (tertiary/aromatic N) is 2. The van der Waals surface area contributed by atoms with E-state index in [9.17, 15) is 24.6 Å². The molecular weight excluding hydrogens is 775 g/mol. The van der Waals surface area contributed by atoms with Crippen LogP contribution in [0.25, 0.3) is 11.1 Å². The Morgan fingerprint density at radius 3 is 2.46 bits per heavy atom. The minimum Gasteiger partial charge on any atom is -0.506 e. The lowest BCUT2D eigenvalue weighted by atomic mass is 10.0. The molecule has 0 unspecified atom stereocenters. The summed E-state index contributed by atoms with van der Waals surface area (Å²) in [4.78, 5) is 42.3. The van der Waals surface area contributed by atoms with E-state index >= 15 is 0 Å². The van der Waals surface area contributed by atoms with Gasteiger partial charge in [-0.05, 0) is 85.3 Å². The molecule has 0 aromatic heterocycles. The number of aromatic hydroxyl groups is 1. The monoisotopic (exact) mass is 831 g/mol. The van der Waals surface area contributed by atoms with Gasteiger partial charge < -0.3 is 44.9 Å². The fraction of sp³-hybridized carbons (Fsp3) is 0.438.